The molecule has 2 amide bonds. The van der Waals surface area contributed by atoms with E-state index in [-0.39, 0.29) is 18.5 Å². The van der Waals surface area contributed by atoms with Crippen molar-refractivity contribution in [2.45, 2.75) is 58.4 Å². The normalized spacial score (nSPS) is 19.5. The molecule has 0 aromatic carbocycles. The highest BCUT2D eigenvalue weighted by Crippen LogP contribution is 2.19. The summed E-state index contributed by atoms with van der Waals surface area (Å²) in [4.78, 5) is 24.7. The van der Waals surface area contributed by atoms with Crippen molar-refractivity contribution in [1.82, 2.24) is 10.2 Å². The molecule has 1 saturated heterocycles. The SMILES string of the molecule is CCC(CC)CNC(=O)N1CCCCC1CC(=O)O. The Morgan fingerprint density at radius 3 is 2.58 bits per heavy atom. The summed E-state index contributed by atoms with van der Waals surface area (Å²) < 4.78 is 0. The summed E-state index contributed by atoms with van der Waals surface area (Å²) in [5, 5.41) is 11.9. The maximum atomic E-state index is 12.1. The van der Waals surface area contributed by atoms with Crippen LogP contribution in [0.15, 0.2) is 0 Å². The van der Waals surface area contributed by atoms with E-state index >= 15 is 0 Å². The number of nitrogens with zero attached hydrogens (tertiary/aromatic N) is 1. The number of carboxylic acid groups (broad SMARTS) is 1. The van der Waals surface area contributed by atoms with Crippen molar-refractivity contribution in [3.63, 3.8) is 0 Å². The summed E-state index contributed by atoms with van der Waals surface area (Å²) in [5.41, 5.74) is 0. The first-order valence-corrected chi connectivity index (χ1v) is 7.34. The van der Waals surface area contributed by atoms with Crippen LogP contribution in [0.4, 0.5) is 4.79 Å². The van der Waals surface area contributed by atoms with Gasteiger partial charge in [-0.1, -0.05) is 26.7 Å². The second-order valence-corrected chi connectivity index (χ2v) is 5.31. The van der Waals surface area contributed by atoms with E-state index < -0.39 is 5.97 Å². The van der Waals surface area contributed by atoms with Crippen molar-refractivity contribution in [1.29, 1.82) is 0 Å². The lowest BCUT2D eigenvalue weighted by atomic mass is 9.99. The minimum absolute atomic E-state index is 0.0540. The van der Waals surface area contributed by atoms with Gasteiger partial charge < -0.3 is 15.3 Å². The Morgan fingerprint density at radius 1 is 1.32 bits per heavy atom. The molecule has 0 bridgehead atoms. The number of aliphatic carboxylic acids is 1. The molecule has 1 atom stereocenters. The molecule has 0 aromatic rings. The third kappa shape index (κ3) is 5.09. The van der Waals surface area contributed by atoms with Crippen LogP contribution in [-0.2, 0) is 4.79 Å². The lowest BCUT2D eigenvalue weighted by Gasteiger charge is -2.35. The number of rotatable bonds is 6. The average Bonchev–Trinajstić information content (AvgIpc) is 2.39. The van der Waals surface area contributed by atoms with Crippen LogP contribution in [0, 0.1) is 5.92 Å². The van der Waals surface area contributed by atoms with Gasteiger partial charge >= 0.3 is 12.0 Å². The Kier molecular flexibility index (Phi) is 6.67. The smallest absolute Gasteiger partial charge is 0.317 e. The Labute approximate surface area is 115 Å². The third-order valence-electron chi connectivity index (χ3n) is 3.99. The minimum atomic E-state index is -0.829. The number of carbonyl (C=O) groups is 2. The number of carbonyl (C=O) groups excluding carboxylic acids is 1. The highest BCUT2D eigenvalue weighted by atomic mass is 16.4. The van der Waals surface area contributed by atoms with Crippen LogP contribution in [0.3, 0.4) is 0 Å². The molecule has 5 nitrogen and oxygen atoms in total. The number of urea groups is 1. The zero-order chi connectivity index (χ0) is 14.3. The maximum Gasteiger partial charge on any atom is 0.317 e. The maximum absolute atomic E-state index is 12.1. The zero-order valence-electron chi connectivity index (χ0n) is 12.0. The molecular formula is C14H26N2O3. The molecule has 1 aliphatic heterocycles. The molecular weight excluding hydrogens is 244 g/mol. The number of amides is 2. The van der Waals surface area contributed by atoms with Crippen molar-refractivity contribution in [3.05, 3.63) is 0 Å². The second kappa shape index (κ2) is 8.02. The standard InChI is InChI=1S/C14H26N2O3/c1-3-11(4-2)10-15-14(19)16-8-6-5-7-12(16)9-13(17)18/h11-12H,3-10H2,1-2H3,(H,15,19)(H,17,18). The quantitative estimate of drug-likeness (QED) is 0.779. The summed E-state index contributed by atoms with van der Waals surface area (Å²) in [6.45, 7) is 5.59. The molecule has 0 spiro atoms. The molecule has 19 heavy (non-hydrogen) atoms. The topological polar surface area (TPSA) is 69.6 Å². The molecule has 0 radical (unpaired) electrons. The van der Waals surface area contributed by atoms with Gasteiger partial charge in [-0.25, -0.2) is 4.79 Å². The lowest BCUT2D eigenvalue weighted by molar-refractivity contribution is -0.138. The molecule has 5 heteroatoms. The first-order chi connectivity index (χ1) is 9.08. The predicted molar refractivity (Wildman–Crippen MR) is 74.1 cm³/mol. The highest BCUT2D eigenvalue weighted by Gasteiger charge is 2.28. The van der Waals surface area contributed by atoms with Crippen LogP contribution in [0.5, 0.6) is 0 Å². The molecule has 1 unspecified atom stereocenters. The van der Waals surface area contributed by atoms with Crippen molar-refractivity contribution in [2.24, 2.45) is 5.92 Å². The van der Waals surface area contributed by atoms with Gasteiger partial charge in [-0.3, -0.25) is 4.79 Å². The summed E-state index contributed by atoms with van der Waals surface area (Å²) in [7, 11) is 0. The molecule has 1 fully saturated rings. The second-order valence-electron chi connectivity index (χ2n) is 5.31. The van der Waals surface area contributed by atoms with E-state index in [1.165, 1.54) is 0 Å². The monoisotopic (exact) mass is 270 g/mol. The Morgan fingerprint density at radius 2 is 2.00 bits per heavy atom. The average molecular weight is 270 g/mol. The van der Waals surface area contributed by atoms with E-state index in [2.05, 4.69) is 19.2 Å². The Balaban J connectivity index is 2.49. The predicted octanol–water partition coefficient (Wildman–Crippen LogP) is 2.46. The van der Waals surface area contributed by atoms with Crippen LogP contribution in [0.2, 0.25) is 0 Å². The van der Waals surface area contributed by atoms with E-state index in [0.717, 1.165) is 32.1 Å². The van der Waals surface area contributed by atoms with E-state index in [1.54, 1.807) is 4.90 Å². The van der Waals surface area contributed by atoms with Gasteiger partial charge in [0.25, 0.3) is 0 Å². The number of hydrogen-bond donors (Lipinski definition) is 2. The number of carboxylic acids is 1. The molecule has 0 aromatic heterocycles. The van der Waals surface area contributed by atoms with Crippen LogP contribution in [-0.4, -0.2) is 41.1 Å². The molecule has 1 heterocycles. The van der Waals surface area contributed by atoms with Gasteiger partial charge in [0.1, 0.15) is 0 Å². The molecule has 110 valence electrons. The van der Waals surface area contributed by atoms with Crippen molar-refractivity contribution in [3.8, 4) is 0 Å². The fourth-order valence-corrected chi connectivity index (χ4v) is 2.59. The van der Waals surface area contributed by atoms with E-state index in [4.69, 9.17) is 5.11 Å². The fraction of sp³-hybridized carbons (Fsp3) is 0.857. The van der Waals surface area contributed by atoms with Gasteiger partial charge in [0, 0.05) is 19.1 Å². The van der Waals surface area contributed by atoms with E-state index in [1.807, 2.05) is 0 Å². The minimum Gasteiger partial charge on any atom is -0.481 e. The molecule has 2 N–H and O–H groups in total. The number of nitrogens with one attached hydrogen (secondary N) is 1. The van der Waals surface area contributed by atoms with Gasteiger partial charge in [0.15, 0.2) is 0 Å². The first kappa shape index (κ1) is 15.8. The van der Waals surface area contributed by atoms with Crippen molar-refractivity contribution < 1.29 is 14.7 Å². The van der Waals surface area contributed by atoms with Gasteiger partial charge in [-0.2, -0.15) is 0 Å². The van der Waals surface area contributed by atoms with Crippen LogP contribution >= 0.6 is 0 Å². The molecule has 1 rings (SSSR count). The number of likely N-dealkylation sites (tertiary alicyclic amines) is 1. The van der Waals surface area contributed by atoms with Crippen LogP contribution in [0.1, 0.15) is 52.4 Å². The zero-order valence-corrected chi connectivity index (χ0v) is 12.0. The lowest BCUT2D eigenvalue weighted by Crippen LogP contribution is -2.50. The van der Waals surface area contributed by atoms with Gasteiger partial charge in [0.05, 0.1) is 6.42 Å². The molecule has 0 saturated carbocycles. The third-order valence-corrected chi connectivity index (χ3v) is 3.99. The van der Waals surface area contributed by atoms with Crippen molar-refractivity contribution >= 4 is 12.0 Å². The van der Waals surface area contributed by atoms with E-state index in [0.29, 0.717) is 19.0 Å². The number of piperidine rings is 1. The largest absolute Gasteiger partial charge is 0.481 e. The first-order valence-electron chi connectivity index (χ1n) is 7.34. The van der Waals surface area contributed by atoms with Crippen molar-refractivity contribution in [2.75, 3.05) is 13.1 Å². The Hall–Kier alpha value is -1.26. The summed E-state index contributed by atoms with van der Waals surface area (Å²) in [5.74, 6) is -0.323. The van der Waals surface area contributed by atoms with Crippen LogP contribution in [0.25, 0.3) is 0 Å². The summed E-state index contributed by atoms with van der Waals surface area (Å²) in [6.07, 6.45) is 4.93. The van der Waals surface area contributed by atoms with Crippen LogP contribution < -0.4 is 5.32 Å². The van der Waals surface area contributed by atoms with Gasteiger partial charge in [0.2, 0.25) is 0 Å². The van der Waals surface area contributed by atoms with Gasteiger partial charge in [-0.15, -0.1) is 0 Å². The van der Waals surface area contributed by atoms with E-state index in [9.17, 15) is 9.59 Å². The highest BCUT2D eigenvalue weighted by molar-refractivity contribution is 5.76. The van der Waals surface area contributed by atoms with Gasteiger partial charge in [-0.05, 0) is 25.2 Å². The Bertz CT molecular complexity index is 303. The molecule has 1 aliphatic rings. The number of hydrogen-bond acceptors (Lipinski definition) is 2. The summed E-state index contributed by atoms with van der Waals surface area (Å²) in [6, 6.07) is -0.245. The summed E-state index contributed by atoms with van der Waals surface area (Å²) >= 11 is 0. The fourth-order valence-electron chi connectivity index (χ4n) is 2.59. The molecule has 0 aliphatic carbocycles.